The van der Waals surface area contributed by atoms with Gasteiger partial charge < -0.3 is 10.0 Å². The Kier molecular flexibility index (Phi) is 4.91. The second kappa shape index (κ2) is 6.34. The third-order valence-corrected chi connectivity index (χ3v) is 4.32. The molecular formula is C16H23ClN2O2. The van der Waals surface area contributed by atoms with Crippen molar-refractivity contribution in [3.8, 4) is 0 Å². The highest BCUT2D eigenvalue weighted by molar-refractivity contribution is 6.31. The van der Waals surface area contributed by atoms with E-state index in [4.69, 9.17) is 11.6 Å². The summed E-state index contributed by atoms with van der Waals surface area (Å²) in [6, 6.07) is 6.93. The van der Waals surface area contributed by atoms with Crippen LogP contribution in [0.4, 0.5) is 0 Å². The van der Waals surface area contributed by atoms with Crippen molar-refractivity contribution in [2.45, 2.75) is 32.4 Å². The molecule has 0 aromatic heterocycles. The van der Waals surface area contributed by atoms with E-state index >= 15 is 0 Å². The van der Waals surface area contributed by atoms with Crippen molar-refractivity contribution in [2.24, 2.45) is 0 Å². The average molecular weight is 311 g/mol. The van der Waals surface area contributed by atoms with Crippen LogP contribution in [0.15, 0.2) is 24.3 Å². The largest absolute Gasteiger partial charge is 0.378 e. The van der Waals surface area contributed by atoms with Crippen LogP contribution in [0, 0.1) is 0 Å². The lowest BCUT2D eigenvalue weighted by atomic mass is 10.0. The van der Waals surface area contributed by atoms with E-state index in [1.54, 1.807) is 29.2 Å². The average Bonchev–Trinajstić information content (AvgIpc) is 2.45. The van der Waals surface area contributed by atoms with Crippen molar-refractivity contribution in [1.82, 2.24) is 9.80 Å². The van der Waals surface area contributed by atoms with Gasteiger partial charge in [0.05, 0.1) is 0 Å². The highest BCUT2D eigenvalue weighted by Crippen LogP contribution is 2.25. The molecule has 1 heterocycles. The molecule has 0 saturated carbocycles. The van der Waals surface area contributed by atoms with E-state index in [0.717, 1.165) is 13.1 Å². The number of rotatable bonds is 2. The molecule has 1 aliphatic heterocycles. The molecule has 1 aromatic rings. The minimum absolute atomic E-state index is 0.108. The third kappa shape index (κ3) is 3.76. The molecule has 0 spiro atoms. The molecule has 1 aromatic carbocycles. The lowest BCUT2D eigenvalue weighted by molar-refractivity contribution is -0.143. The maximum Gasteiger partial charge on any atom is 0.256 e. The topological polar surface area (TPSA) is 43.8 Å². The number of aliphatic hydroxyl groups excluding tert-OH is 1. The number of halogens is 1. The first-order valence-corrected chi connectivity index (χ1v) is 7.65. The predicted octanol–water partition coefficient (Wildman–Crippen LogP) is 2.32. The number of carbonyl (C=O) groups is 1. The van der Waals surface area contributed by atoms with Gasteiger partial charge in [-0.15, -0.1) is 0 Å². The van der Waals surface area contributed by atoms with Crippen LogP contribution < -0.4 is 0 Å². The summed E-state index contributed by atoms with van der Waals surface area (Å²) in [5.74, 6) is -0.267. The van der Waals surface area contributed by atoms with Crippen molar-refractivity contribution < 1.29 is 9.90 Å². The van der Waals surface area contributed by atoms with E-state index in [9.17, 15) is 9.90 Å². The van der Waals surface area contributed by atoms with Crippen LogP contribution in [-0.2, 0) is 4.79 Å². The number of amides is 1. The maximum atomic E-state index is 12.4. The zero-order valence-corrected chi connectivity index (χ0v) is 13.6. The highest BCUT2D eigenvalue weighted by atomic mass is 35.5. The van der Waals surface area contributed by atoms with Crippen LogP contribution in [0.5, 0.6) is 0 Å². The minimum atomic E-state index is -1.18. The van der Waals surface area contributed by atoms with Crippen molar-refractivity contribution in [2.75, 3.05) is 26.2 Å². The van der Waals surface area contributed by atoms with E-state index in [0.29, 0.717) is 23.7 Å². The smallest absolute Gasteiger partial charge is 0.256 e. The summed E-state index contributed by atoms with van der Waals surface area (Å²) in [6.45, 7) is 9.43. The van der Waals surface area contributed by atoms with Gasteiger partial charge in [-0.1, -0.05) is 29.8 Å². The van der Waals surface area contributed by atoms with Gasteiger partial charge in [0.1, 0.15) is 0 Å². The molecule has 116 valence electrons. The second-order valence-electron chi connectivity index (χ2n) is 6.41. The van der Waals surface area contributed by atoms with Crippen LogP contribution in [0.2, 0.25) is 5.02 Å². The first kappa shape index (κ1) is 16.3. The Morgan fingerprint density at radius 2 is 1.76 bits per heavy atom. The van der Waals surface area contributed by atoms with Gasteiger partial charge in [-0.2, -0.15) is 0 Å². The van der Waals surface area contributed by atoms with Gasteiger partial charge in [-0.3, -0.25) is 9.69 Å². The highest BCUT2D eigenvalue weighted by Gasteiger charge is 2.31. The zero-order chi connectivity index (χ0) is 15.6. The third-order valence-electron chi connectivity index (χ3n) is 3.97. The molecule has 2 rings (SSSR count). The summed E-state index contributed by atoms with van der Waals surface area (Å²) in [5, 5.41) is 10.7. The fourth-order valence-electron chi connectivity index (χ4n) is 2.60. The Morgan fingerprint density at radius 3 is 2.29 bits per heavy atom. The number of piperazine rings is 1. The second-order valence-corrected chi connectivity index (χ2v) is 6.81. The number of nitrogens with zero attached hydrogens (tertiary/aromatic N) is 2. The summed E-state index contributed by atoms with van der Waals surface area (Å²) in [7, 11) is 0. The van der Waals surface area contributed by atoms with Crippen molar-refractivity contribution >= 4 is 17.5 Å². The zero-order valence-electron chi connectivity index (χ0n) is 12.8. The number of hydrogen-bond acceptors (Lipinski definition) is 3. The number of carbonyl (C=O) groups excluding carboxylic acids is 1. The van der Waals surface area contributed by atoms with Crippen molar-refractivity contribution in [3.05, 3.63) is 34.9 Å². The molecule has 1 unspecified atom stereocenters. The van der Waals surface area contributed by atoms with E-state index in [1.165, 1.54) is 0 Å². The van der Waals surface area contributed by atoms with Crippen molar-refractivity contribution in [1.29, 1.82) is 0 Å². The lowest BCUT2D eigenvalue weighted by Gasteiger charge is -2.42. The molecule has 21 heavy (non-hydrogen) atoms. The molecule has 0 aliphatic carbocycles. The van der Waals surface area contributed by atoms with Crippen LogP contribution in [0.25, 0.3) is 0 Å². The van der Waals surface area contributed by atoms with E-state index in [2.05, 4.69) is 25.7 Å². The van der Waals surface area contributed by atoms with E-state index in [1.807, 2.05) is 0 Å². The Morgan fingerprint density at radius 1 is 1.19 bits per heavy atom. The number of aliphatic hydroxyl groups is 1. The number of benzene rings is 1. The molecule has 1 aliphatic rings. The summed E-state index contributed by atoms with van der Waals surface area (Å²) in [6.07, 6.45) is -1.18. The Bertz CT molecular complexity index is 505. The van der Waals surface area contributed by atoms with Gasteiger partial charge in [0.25, 0.3) is 5.91 Å². The van der Waals surface area contributed by atoms with Crippen LogP contribution >= 0.6 is 11.6 Å². The van der Waals surface area contributed by atoms with Gasteiger partial charge in [0.15, 0.2) is 6.10 Å². The van der Waals surface area contributed by atoms with Gasteiger partial charge in [-0.25, -0.2) is 0 Å². The first-order valence-electron chi connectivity index (χ1n) is 7.27. The molecule has 5 heteroatoms. The Balaban J connectivity index is 2.01. The molecule has 1 amide bonds. The van der Waals surface area contributed by atoms with E-state index < -0.39 is 6.10 Å². The molecule has 1 saturated heterocycles. The Labute approximate surface area is 131 Å². The standard InChI is InChI=1S/C16H23ClN2O2/c1-16(2,3)19-10-8-18(9-11-19)15(21)14(20)12-6-4-5-7-13(12)17/h4-7,14,20H,8-11H2,1-3H3. The summed E-state index contributed by atoms with van der Waals surface area (Å²) >= 11 is 6.05. The molecule has 4 nitrogen and oxygen atoms in total. The molecular weight excluding hydrogens is 288 g/mol. The minimum Gasteiger partial charge on any atom is -0.378 e. The quantitative estimate of drug-likeness (QED) is 0.911. The Hall–Kier alpha value is -1.10. The lowest BCUT2D eigenvalue weighted by Crippen LogP contribution is -2.55. The van der Waals surface area contributed by atoms with Gasteiger partial charge in [0, 0.05) is 42.3 Å². The van der Waals surface area contributed by atoms with Crippen LogP contribution in [0.3, 0.4) is 0 Å². The predicted molar refractivity (Wildman–Crippen MR) is 84.3 cm³/mol. The maximum absolute atomic E-state index is 12.4. The first-order chi connectivity index (χ1) is 9.80. The van der Waals surface area contributed by atoms with E-state index in [-0.39, 0.29) is 11.4 Å². The molecule has 0 bridgehead atoms. The summed E-state index contributed by atoms with van der Waals surface area (Å²) in [5.41, 5.74) is 0.582. The summed E-state index contributed by atoms with van der Waals surface area (Å²) in [4.78, 5) is 16.5. The van der Waals surface area contributed by atoms with Gasteiger partial charge in [-0.05, 0) is 26.8 Å². The SMILES string of the molecule is CC(C)(C)N1CCN(C(=O)C(O)c2ccccc2Cl)CC1. The fraction of sp³-hybridized carbons (Fsp3) is 0.562. The molecule has 1 fully saturated rings. The van der Waals surface area contributed by atoms with Crippen LogP contribution in [-0.4, -0.2) is 52.5 Å². The monoisotopic (exact) mass is 310 g/mol. The molecule has 1 N–H and O–H groups in total. The normalized spacial score (nSPS) is 18.6. The van der Waals surface area contributed by atoms with Gasteiger partial charge in [0.2, 0.25) is 0 Å². The molecule has 0 radical (unpaired) electrons. The molecule has 1 atom stereocenters. The van der Waals surface area contributed by atoms with Crippen molar-refractivity contribution in [3.63, 3.8) is 0 Å². The summed E-state index contributed by atoms with van der Waals surface area (Å²) < 4.78 is 0. The van der Waals surface area contributed by atoms with Gasteiger partial charge >= 0.3 is 0 Å². The van der Waals surface area contributed by atoms with Crippen LogP contribution in [0.1, 0.15) is 32.4 Å². The number of hydrogen-bond donors (Lipinski definition) is 1. The fourth-order valence-corrected chi connectivity index (χ4v) is 2.84.